The second kappa shape index (κ2) is 8.27. The zero-order valence-corrected chi connectivity index (χ0v) is 24.1. The van der Waals surface area contributed by atoms with Crippen LogP contribution in [0.3, 0.4) is 0 Å². The van der Waals surface area contributed by atoms with E-state index in [1.54, 1.807) is 7.11 Å². The number of hydrogen-bond acceptors (Lipinski definition) is 5. The Labute approximate surface area is 241 Å². The number of aryl methyl sites for hydroxylation is 2. The van der Waals surface area contributed by atoms with Crippen LogP contribution in [0.1, 0.15) is 59.7 Å². The van der Waals surface area contributed by atoms with Crippen LogP contribution in [0.2, 0.25) is 0 Å². The molecule has 3 heterocycles. The first-order valence-corrected chi connectivity index (χ1v) is 15.6. The van der Waals surface area contributed by atoms with Crippen molar-refractivity contribution in [2.24, 2.45) is 11.7 Å². The molecule has 3 aliphatic carbocycles. The van der Waals surface area contributed by atoms with Crippen LogP contribution in [0.5, 0.6) is 11.5 Å². The van der Waals surface area contributed by atoms with E-state index >= 15 is 0 Å². The molecule has 2 aliphatic heterocycles. The molecule has 5 aliphatic rings. The number of methoxy groups -OCH3 is 1. The second-order valence-electron chi connectivity index (χ2n) is 13.4. The summed E-state index contributed by atoms with van der Waals surface area (Å²) in [6, 6.07) is 15.5. The van der Waals surface area contributed by atoms with E-state index in [1.807, 2.05) is 0 Å². The largest absolute Gasteiger partial charge is 0.493 e. The molecule has 0 radical (unpaired) electrons. The maximum absolute atomic E-state index is 13.4. The van der Waals surface area contributed by atoms with Crippen LogP contribution in [0.4, 0.5) is 0 Å². The van der Waals surface area contributed by atoms with Crippen LogP contribution < -0.4 is 15.2 Å². The fourth-order valence-corrected chi connectivity index (χ4v) is 9.52. The molecule has 41 heavy (non-hydrogen) atoms. The summed E-state index contributed by atoms with van der Waals surface area (Å²) in [6.07, 6.45) is 5.66. The molecule has 1 saturated carbocycles. The van der Waals surface area contributed by atoms with Crippen molar-refractivity contribution in [3.8, 4) is 11.5 Å². The van der Waals surface area contributed by atoms with E-state index in [2.05, 4.69) is 58.9 Å². The van der Waals surface area contributed by atoms with Crippen molar-refractivity contribution in [1.82, 2.24) is 9.47 Å². The molecule has 4 aromatic rings. The Kier molecular flexibility index (Phi) is 4.95. The van der Waals surface area contributed by atoms with Gasteiger partial charge in [0, 0.05) is 41.9 Å². The van der Waals surface area contributed by atoms with Gasteiger partial charge in [-0.3, -0.25) is 4.90 Å². The number of nitrogens with two attached hydrogens (primary N) is 1. The number of aromatic nitrogens is 1. The van der Waals surface area contributed by atoms with Crippen molar-refractivity contribution in [3.05, 3.63) is 70.4 Å². The molecule has 1 saturated heterocycles. The first-order chi connectivity index (χ1) is 20.0. The van der Waals surface area contributed by atoms with E-state index < -0.39 is 11.0 Å². The number of aliphatic hydroxyl groups is 1. The van der Waals surface area contributed by atoms with E-state index in [0.717, 1.165) is 56.3 Å². The summed E-state index contributed by atoms with van der Waals surface area (Å²) < 4.78 is 15.6. The van der Waals surface area contributed by atoms with Gasteiger partial charge in [0.15, 0.2) is 17.6 Å². The number of likely N-dealkylation sites (tertiary alicyclic amines) is 1. The minimum absolute atomic E-state index is 0.0759. The summed E-state index contributed by atoms with van der Waals surface area (Å²) in [6.45, 7) is 5.79. The first kappa shape index (κ1) is 24.5. The molecule has 3 N–H and O–H groups in total. The Bertz CT molecular complexity index is 1760. The highest BCUT2D eigenvalue weighted by Crippen LogP contribution is 2.69. The highest BCUT2D eigenvalue weighted by molar-refractivity contribution is 6.09. The van der Waals surface area contributed by atoms with Gasteiger partial charge < -0.3 is 24.9 Å². The van der Waals surface area contributed by atoms with Gasteiger partial charge in [-0.05, 0) is 92.2 Å². The van der Waals surface area contributed by atoms with Gasteiger partial charge in [0.25, 0.3) is 0 Å². The zero-order valence-electron chi connectivity index (χ0n) is 24.1. The fourth-order valence-electron chi connectivity index (χ4n) is 9.52. The molecule has 6 nitrogen and oxygen atoms in total. The lowest BCUT2D eigenvalue weighted by molar-refractivity contribution is -0.173. The Hall–Kier alpha value is -3.06. The SMILES string of the molecule is COc1ccc2c3c1OC1c4c(c5cc(C)c6ccccc6c5n4CCCN)CC4(O)[C@@H](C2)N(CC2CC2)CC[C@]314. The zero-order chi connectivity index (χ0) is 27.7. The highest BCUT2D eigenvalue weighted by atomic mass is 16.5. The Balaban J connectivity index is 1.37. The molecule has 1 spiro atoms. The Morgan fingerprint density at radius 1 is 1.12 bits per heavy atom. The number of piperidine rings is 1. The predicted molar refractivity (Wildman–Crippen MR) is 161 cm³/mol. The molecule has 3 aromatic carbocycles. The van der Waals surface area contributed by atoms with Gasteiger partial charge in [-0.2, -0.15) is 0 Å². The average Bonchev–Trinajstić information content (AvgIpc) is 3.65. The van der Waals surface area contributed by atoms with Crippen molar-refractivity contribution >= 4 is 21.7 Å². The number of benzene rings is 3. The maximum Gasteiger partial charge on any atom is 0.166 e. The number of fused-ring (bicyclic) bond motifs is 6. The standard InChI is InChI=1S/C35H39N3O3/c1-20-16-25-26-18-35(39)28-17-22-10-11-27(40-2)32-29(22)34(35,12-15-37(28)19-21-8-9-21)33(41-32)31(26)38(14-5-13-36)30(25)24-7-4-3-6-23(20)24/h3-4,6-7,10-11,16,21,28,33,39H,5,8-9,12-15,17-19,36H2,1-2H3/t28-,33?,34+,35?/m1/s1. The summed E-state index contributed by atoms with van der Waals surface area (Å²) in [5.41, 5.74) is 12.3. The highest BCUT2D eigenvalue weighted by Gasteiger charge is 2.73. The lowest BCUT2D eigenvalue weighted by Crippen LogP contribution is -2.74. The van der Waals surface area contributed by atoms with Gasteiger partial charge in [0.1, 0.15) is 0 Å². The van der Waals surface area contributed by atoms with Crippen molar-refractivity contribution in [2.45, 2.75) is 75.2 Å². The monoisotopic (exact) mass is 549 g/mol. The summed E-state index contributed by atoms with van der Waals surface area (Å²) in [4.78, 5) is 2.64. The molecular formula is C35H39N3O3. The number of nitrogens with zero attached hydrogens (tertiary/aromatic N) is 2. The molecule has 9 rings (SSSR count). The Morgan fingerprint density at radius 3 is 2.73 bits per heavy atom. The van der Waals surface area contributed by atoms with Crippen molar-refractivity contribution in [2.75, 3.05) is 26.7 Å². The van der Waals surface area contributed by atoms with Gasteiger partial charge in [-0.1, -0.05) is 30.3 Å². The minimum atomic E-state index is -0.922. The summed E-state index contributed by atoms with van der Waals surface area (Å²) in [5, 5.41) is 17.2. The Morgan fingerprint density at radius 2 is 1.95 bits per heavy atom. The third-order valence-electron chi connectivity index (χ3n) is 11.4. The van der Waals surface area contributed by atoms with Gasteiger partial charge in [0.2, 0.25) is 0 Å². The quantitative estimate of drug-likeness (QED) is 0.348. The first-order valence-electron chi connectivity index (χ1n) is 15.6. The van der Waals surface area contributed by atoms with Crippen LogP contribution in [0.25, 0.3) is 21.7 Å². The minimum Gasteiger partial charge on any atom is -0.493 e. The fraction of sp³-hybridized carbons (Fsp3) is 0.486. The molecule has 2 bridgehead atoms. The van der Waals surface area contributed by atoms with Crippen LogP contribution >= 0.6 is 0 Å². The van der Waals surface area contributed by atoms with E-state index in [1.165, 1.54) is 62.5 Å². The average molecular weight is 550 g/mol. The third kappa shape index (κ3) is 2.94. The predicted octanol–water partition coefficient (Wildman–Crippen LogP) is 5.16. The molecular weight excluding hydrogens is 510 g/mol. The van der Waals surface area contributed by atoms with Gasteiger partial charge in [-0.25, -0.2) is 0 Å². The summed E-state index contributed by atoms with van der Waals surface area (Å²) in [5.74, 6) is 2.41. The van der Waals surface area contributed by atoms with E-state index in [9.17, 15) is 5.11 Å². The second-order valence-corrected chi connectivity index (χ2v) is 13.4. The smallest absolute Gasteiger partial charge is 0.166 e. The number of hydrogen-bond donors (Lipinski definition) is 2. The number of ether oxygens (including phenoxy) is 2. The molecule has 4 atom stereocenters. The van der Waals surface area contributed by atoms with Crippen LogP contribution in [-0.2, 0) is 24.8 Å². The van der Waals surface area contributed by atoms with E-state index in [0.29, 0.717) is 13.0 Å². The molecule has 6 heteroatoms. The molecule has 212 valence electrons. The summed E-state index contributed by atoms with van der Waals surface area (Å²) >= 11 is 0. The van der Waals surface area contributed by atoms with Gasteiger partial charge in [0.05, 0.1) is 29.3 Å². The van der Waals surface area contributed by atoms with Gasteiger partial charge in [-0.15, -0.1) is 0 Å². The van der Waals surface area contributed by atoms with Crippen molar-refractivity contribution in [3.63, 3.8) is 0 Å². The third-order valence-corrected chi connectivity index (χ3v) is 11.4. The lowest BCUT2D eigenvalue weighted by atomic mass is 9.49. The topological polar surface area (TPSA) is 72.9 Å². The van der Waals surface area contributed by atoms with Gasteiger partial charge >= 0.3 is 0 Å². The van der Waals surface area contributed by atoms with Crippen LogP contribution in [-0.4, -0.2) is 53.0 Å². The molecule has 2 unspecified atom stereocenters. The van der Waals surface area contributed by atoms with Crippen molar-refractivity contribution < 1.29 is 14.6 Å². The number of rotatable bonds is 6. The lowest BCUT2D eigenvalue weighted by Gasteiger charge is -2.63. The van der Waals surface area contributed by atoms with Crippen molar-refractivity contribution in [1.29, 1.82) is 0 Å². The van der Waals surface area contributed by atoms with E-state index in [-0.39, 0.29) is 12.1 Å². The molecule has 2 fully saturated rings. The van der Waals surface area contributed by atoms with Crippen LogP contribution in [0.15, 0.2) is 42.5 Å². The van der Waals surface area contributed by atoms with Crippen LogP contribution in [0, 0.1) is 12.8 Å². The summed E-state index contributed by atoms with van der Waals surface area (Å²) in [7, 11) is 1.73. The van der Waals surface area contributed by atoms with E-state index in [4.69, 9.17) is 15.2 Å². The molecule has 1 aromatic heterocycles. The normalized spacial score (nSPS) is 29.5. The maximum atomic E-state index is 13.4. The molecule has 0 amide bonds.